The molecule has 0 radical (unpaired) electrons. The summed E-state index contributed by atoms with van der Waals surface area (Å²) >= 11 is 0. The van der Waals surface area contributed by atoms with E-state index in [4.69, 9.17) is 5.53 Å². The summed E-state index contributed by atoms with van der Waals surface area (Å²) < 4.78 is 0. The van der Waals surface area contributed by atoms with Crippen LogP contribution in [0.2, 0.25) is 0 Å². The first-order valence-corrected chi connectivity index (χ1v) is 1.70. The maximum absolute atomic E-state index is 7.72. The second kappa shape index (κ2) is 4.12. The molecule has 0 aliphatic heterocycles. The van der Waals surface area contributed by atoms with Crippen molar-refractivity contribution in [2.24, 2.45) is 0 Å². The zero-order valence-electron chi connectivity index (χ0n) is 3.63. The zero-order valence-corrected chi connectivity index (χ0v) is 3.63. The van der Waals surface area contributed by atoms with Gasteiger partial charge in [0.15, 0.2) is 0 Å². The fourth-order valence-corrected chi connectivity index (χ4v) is 0.125. The highest BCUT2D eigenvalue weighted by Gasteiger charge is 1.56. The van der Waals surface area contributed by atoms with Crippen LogP contribution in [0, 0.1) is 0 Å². The Hall–Kier alpha value is -0.880. The van der Waals surface area contributed by atoms with Gasteiger partial charge in [0.2, 0.25) is 0 Å². The lowest BCUT2D eigenvalue weighted by atomic mass is 10.6. The molecule has 0 aliphatic rings. The van der Waals surface area contributed by atoms with Gasteiger partial charge in [0.25, 0.3) is 6.21 Å². The van der Waals surface area contributed by atoms with Crippen molar-refractivity contribution >= 4 is 6.21 Å². The molecule has 0 bridgehead atoms. The summed E-state index contributed by atoms with van der Waals surface area (Å²) in [4.78, 5) is 2.71. The number of rotatable bonds is 1. The number of hydrogen-bond acceptors (Lipinski definition) is 0. The predicted molar refractivity (Wildman–Crippen MR) is 24.5 cm³/mol. The maximum Gasteiger partial charge on any atom is 0.280 e. The van der Waals surface area contributed by atoms with Crippen LogP contribution in [0.3, 0.4) is 0 Å². The lowest BCUT2D eigenvalue weighted by molar-refractivity contribution is 0.00513. The normalized spacial score (nSPS) is 8.17. The van der Waals surface area contributed by atoms with Gasteiger partial charge in [-0.25, -0.2) is 0 Å². The van der Waals surface area contributed by atoms with E-state index in [-0.39, 0.29) is 0 Å². The van der Waals surface area contributed by atoms with E-state index < -0.39 is 0 Å². The fourth-order valence-electron chi connectivity index (χ4n) is 0.125. The Morgan fingerprint density at radius 3 is 2.50 bits per heavy atom. The third-order valence-electron chi connectivity index (χ3n) is 0.345. The molecule has 6 heavy (non-hydrogen) atoms. The van der Waals surface area contributed by atoms with E-state index in [0.29, 0.717) is 0 Å². The SMILES string of the molecule is CC=CC=[N+]=[N-]. The van der Waals surface area contributed by atoms with E-state index in [1.54, 1.807) is 12.2 Å². The van der Waals surface area contributed by atoms with Gasteiger partial charge in [-0.15, -0.1) is 0 Å². The summed E-state index contributed by atoms with van der Waals surface area (Å²) in [6.45, 7) is 1.85. The van der Waals surface area contributed by atoms with Crippen molar-refractivity contribution in [1.82, 2.24) is 0 Å². The van der Waals surface area contributed by atoms with Crippen molar-refractivity contribution in [1.29, 1.82) is 0 Å². The first-order chi connectivity index (χ1) is 2.91. The maximum atomic E-state index is 7.72. The minimum Gasteiger partial charge on any atom is -0.362 e. The topological polar surface area (TPSA) is 36.4 Å². The van der Waals surface area contributed by atoms with Gasteiger partial charge in [0.1, 0.15) is 0 Å². The van der Waals surface area contributed by atoms with Crippen molar-refractivity contribution in [2.45, 2.75) is 6.92 Å². The fraction of sp³-hybridized carbons (Fsp3) is 0.250. The van der Waals surface area contributed by atoms with Crippen molar-refractivity contribution in [2.75, 3.05) is 0 Å². The van der Waals surface area contributed by atoms with Crippen LogP contribution >= 0.6 is 0 Å². The molecule has 0 heterocycles. The lowest BCUT2D eigenvalue weighted by Gasteiger charge is -1.50. The Kier molecular flexibility index (Phi) is 3.52. The molecule has 0 atom stereocenters. The molecule has 0 aromatic carbocycles. The van der Waals surface area contributed by atoms with Crippen molar-refractivity contribution in [3.8, 4) is 0 Å². The van der Waals surface area contributed by atoms with Crippen LogP contribution in [-0.4, -0.2) is 11.0 Å². The molecule has 0 N–H and O–H groups in total. The monoisotopic (exact) mass is 82.1 g/mol. The van der Waals surface area contributed by atoms with E-state index in [0.717, 1.165) is 0 Å². The van der Waals surface area contributed by atoms with Crippen molar-refractivity contribution in [3.05, 3.63) is 17.7 Å². The van der Waals surface area contributed by atoms with Gasteiger partial charge in [0.05, 0.1) is 0 Å². The molecule has 0 unspecified atom stereocenters. The van der Waals surface area contributed by atoms with Crippen molar-refractivity contribution < 1.29 is 4.79 Å². The largest absolute Gasteiger partial charge is 0.362 e. The first kappa shape index (κ1) is 5.12. The predicted octanol–water partition coefficient (Wildman–Crippen LogP) is 0.863. The second-order valence-corrected chi connectivity index (χ2v) is 0.790. The van der Waals surface area contributed by atoms with E-state index in [1.807, 2.05) is 6.92 Å². The quantitative estimate of drug-likeness (QED) is 0.255. The Morgan fingerprint density at radius 1 is 1.67 bits per heavy atom. The standard InChI is InChI=1S/C4H6N2/c1-2-3-4-6-5/h2-4H,1H3. The molecule has 0 amide bonds. The van der Waals surface area contributed by atoms with Gasteiger partial charge < -0.3 is 5.53 Å². The second-order valence-electron chi connectivity index (χ2n) is 0.790. The van der Waals surface area contributed by atoms with Gasteiger partial charge in [-0.1, -0.05) is 6.08 Å². The Bertz CT molecular complexity index is 87.7. The highest BCUT2D eigenvalue weighted by atomic mass is 14.8. The summed E-state index contributed by atoms with van der Waals surface area (Å²) in [5.74, 6) is 0. The van der Waals surface area contributed by atoms with Crippen LogP contribution in [0.1, 0.15) is 6.92 Å². The van der Waals surface area contributed by atoms with E-state index in [2.05, 4.69) is 4.79 Å². The molecule has 0 aliphatic carbocycles. The summed E-state index contributed by atoms with van der Waals surface area (Å²) in [7, 11) is 0. The first-order valence-electron chi connectivity index (χ1n) is 1.70. The summed E-state index contributed by atoms with van der Waals surface area (Å²) in [5, 5.41) is 0. The Morgan fingerprint density at radius 2 is 2.33 bits per heavy atom. The van der Waals surface area contributed by atoms with Crippen LogP contribution in [0.15, 0.2) is 12.2 Å². The van der Waals surface area contributed by atoms with Crippen LogP contribution in [0.4, 0.5) is 0 Å². The van der Waals surface area contributed by atoms with Gasteiger partial charge in [-0.2, -0.15) is 4.79 Å². The Balaban J connectivity index is 3.33. The van der Waals surface area contributed by atoms with Crippen LogP contribution < -0.4 is 0 Å². The lowest BCUT2D eigenvalue weighted by Crippen LogP contribution is -1.57. The average Bonchev–Trinajstić information content (AvgIpc) is 1.61. The van der Waals surface area contributed by atoms with Gasteiger partial charge in [-0.3, -0.25) is 0 Å². The molecule has 0 fully saturated rings. The van der Waals surface area contributed by atoms with E-state index in [1.165, 1.54) is 6.21 Å². The molecule has 0 rings (SSSR count). The Labute approximate surface area is 36.7 Å². The smallest absolute Gasteiger partial charge is 0.280 e. The molecule has 2 nitrogen and oxygen atoms in total. The minimum absolute atomic E-state index is 1.31. The van der Waals surface area contributed by atoms with Crippen molar-refractivity contribution in [3.63, 3.8) is 0 Å². The highest BCUT2D eigenvalue weighted by Crippen LogP contribution is 1.55. The van der Waals surface area contributed by atoms with Gasteiger partial charge >= 0.3 is 0 Å². The molecular weight excluding hydrogens is 76.1 g/mol. The van der Waals surface area contributed by atoms with Crippen LogP contribution in [0.5, 0.6) is 0 Å². The molecule has 0 aromatic heterocycles. The zero-order chi connectivity index (χ0) is 4.83. The van der Waals surface area contributed by atoms with Crippen LogP contribution in [-0.2, 0) is 0 Å². The van der Waals surface area contributed by atoms with E-state index in [9.17, 15) is 0 Å². The van der Waals surface area contributed by atoms with Gasteiger partial charge in [0, 0.05) is 6.08 Å². The molecule has 0 saturated carbocycles. The summed E-state index contributed by atoms with van der Waals surface area (Å²) in [6.07, 6.45) is 4.72. The molecule has 2 heteroatoms. The third-order valence-corrected chi connectivity index (χ3v) is 0.345. The number of nitrogens with zero attached hydrogens (tertiary/aromatic N) is 2. The van der Waals surface area contributed by atoms with E-state index >= 15 is 0 Å². The summed E-state index contributed by atoms with van der Waals surface area (Å²) in [5.41, 5.74) is 7.72. The summed E-state index contributed by atoms with van der Waals surface area (Å²) in [6, 6.07) is 0. The molecule has 32 valence electrons. The third kappa shape index (κ3) is 3.12. The number of hydrogen-bond donors (Lipinski definition) is 0. The number of allylic oxidation sites excluding steroid dienone is 2. The molecular formula is C4H6N2. The molecule has 0 saturated heterocycles. The molecule has 0 aromatic rings. The van der Waals surface area contributed by atoms with Crippen LogP contribution in [0.25, 0.3) is 5.53 Å². The minimum atomic E-state index is 1.31. The average molecular weight is 82.1 g/mol. The highest BCUT2D eigenvalue weighted by molar-refractivity contribution is 5.64. The molecule has 0 spiro atoms. The van der Waals surface area contributed by atoms with Gasteiger partial charge in [-0.05, 0) is 6.92 Å².